The molecule has 0 rings (SSSR count). The average molecular weight is 171 g/mol. The van der Waals surface area contributed by atoms with Crippen molar-refractivity contribution in [1.82, 2.24) is 0 Å². The van der Waals surface area contributed by atoms with Gasteiger partial charge in [0.05, 0.1) is 6.61 Å². The maximum Gasteiger partial charge on any atom is 0.0671 e. The second-order valence-electron chi connectivity index (χ2n) is 3.21. The van der Waals surface area contributed by atoms with E-state index in [1.54, 1.807) is 0 Å². The summed E-state index contributed by atoms with van der Waals surface area (Å²) in [5.41, 5.74) is 6.46. The van der Waals surface area contributed by atoms with Crippen LogP contribution in [-0.4, -0.2) is 19.8 Å². The minimum absolute atomic E-state index is 0.705. The molecule has 0 saturated carbocycles. The van der Waals surface area contributed by atoms with Gasteiger partial charge in [-0.1, -0.05) is 25.0 Å². The Balaban J connectivity index is 2.86. The smallest absolute Gasteiger partial charge is 0.0671 e. The lowest BCUT2D eigenvalue weighted by Gasteiger charge is -2.02. The van der Waals surface area contributed by atoms with Gasteiger partial charge in [0.15, 0.2) is 0 Å². The Morgan fingerprint density at radius 2 is 1.92 bits per heavy atom. The van der Waals surface area contributed by atoms with E-state index in [2.05, 4.69) is 6.58 Å². The molecule has 0 aliphatic carbocycles. The molecule has 0 aromatic rings. The Kier molecular flexibility index (Phi) is 8.51. The summed E-state index contributed by atoms with van der Waals surface area (Å²) in [7, 11) is 0. The maximum atomic E-state index is 5.37. The molecular formula is C10H21NO. The van der Waals surface area contributed by atoms with E-state index < -0.39 is 0 Å². The molecule has 0 bridgehead atoms. The van der Waals surface area contributed by atoms with Crippen molar-refractivity contribution in [2.45, 2.75) is 32.6 Å². The molecule has 0 fully saturated rings. The van der Waals surface area contributed by atoms with Crippen molar-refractivity contribution in [2.75, 3.05) is 19.8 Å². The Hall–Kier alpha value is -0.340. The minimum Gasteiger partial charge on any atom is -0.377 e. The predicted molar refractivity (Wildman–Crippen MR) is 53.2 cm³/mol. The molecular weight excluding hydrogens is 150 g/mol. The highest BCUT2D eigenvalue weighted by atomic mass is 16.5. The molecule has 2 nitrogen and oxygen atoms in total. The van der Waals surface area contributed by atoms with Crippen LogP contribution in [0.3, 0.4) is 0 Å². The normalized spacial score (nSPS) is 10.2. The largest absolute Gasteiger partial charge is 0.377 e. The Labute approximate surface area is 75.8 Å². The predicted octanol–water partition coefficient (Wildman–Crippen LogP) is 2.10. The SMILES string of the molecule is C=C(C)COCCCCCCN. The molecule has 0 spiro atoms. The first-order chi connectivity index (χ1) is 5.77. The first-order valence-corrected chi connectivity index (χ1v) is 4.69. The molecule has 0 radical (unpaired) electrons. The van der Waals surface area contributed by atoms with Gasteiger partial charge >= 0.3 is 0 Å². The van der Waals surface area contributed by atoms with Crippen LogP contribution in [0.4, 0.5) is 0 Å². The van der Waals surface area contributed by atoms with Gasteiger partial charge in [0, 0.05) is 6.61 Å². The topological polar surface area (TPSA) is 35.2 Å². The number of rotatable bonds is 8. The van der Waals surface area contributed by atoms with Crippen LogP contribution in [0.1, 0.15) is 32.6 Å². The summed E-state index contributed by atoms with van der Waals surface area (Å²) in [5.74, 6) is 0. The van der Waals surface area contributed by atoms with Gasteiger partial charge in [-0.2, -0.15) is 0 Å². The van der Waals surface area contributed by atoms with Gasteiger partial charge < -0.3 is 10.5 Å². The number of ether oxygens (including phenoxy) is 1. The van der Waals surface area contributed by atoms with Crippen LogP contribution < -0.4 is 5.73 Å². The van der Waals surface area contributed by atoms with Gasteiger partial charge in [-0.25, -0.2) is 0 Å². The lowest BCUT2D eigenvalue weighted by Crippen LogP contribution is -2.00. The standard InChI is InChI=1S/C10H21NO/c1-10(2)9-12-8-6-4-3-5-7-11/h1,3-9,11H2,2H3. The Morgan fingerprint density at radius 3 is 2.50 bits per heavy atom. The summed E-state index contributed by atoms with van der Waals surface area (Å²) < 4.78 is 5.34. The molecule has 2 N–H and O–H groups in total. The molecule has 0 aromatic carbocycles. The van der Waals surface area contributed by atoms with Crippen molar-refractivity contribution < 1.29 is 4.74 Å². The summed E-state index contributed by atoms with van der Waals surface area (Å²) in [4.78, 5) is 0. The number of nitrogens with two attached hydrogens (primary N) is 1. The van der Waals surface area contributed by atoms with Crippen molar-refractivity contribution in [3.8, 4) is 0 Å². The van der Waals surface area contributed by atoms with Gasteiger partial charge in [-0.15, -0.1) is 0 Å². The summed E-state index contributed by atoms with van der Waals surface area (Å²) in [5, 5.41) is 0. The fourth-order valence-corrected chi connectivity index (χ4v) is 0.948. The van der Waals surface area contributed by atoms with Gasteiger partial charge in [0.25, 0.3) is 0 Å². The average Bonchev–Trinajstić information content (AvgIpc) is 2.02. The highest BCUT2D eigenvalue weighted by Gasteiger charge is 1.90. The van der Waals surface area contributed by atoms with Gasteiger partial charge in [-0.3, -0.25) is 0 Å². The van der Waals surface area contributed by atoms with Crippen LogP contribution >= 0.6 is 0 Å². The van der Waals surface area contributed by atoms with Crippen molar-refractivity contribution >= 4 is 0 Å². The molecule has 0 saturated heterocycles. The highest BCUT2D eigenvalue weighted by Crippen LogP contribution is 1.99. The molecule has 0 unspecified atom stereocenters. The summed E-state index contributed by atoms with van der Waals surface area (Å²) in [6.45, 7) is 8.12. The van der Waals surface area contributed by atoms with Gasteiger partial charge in [0.1, 0.15) is 0 Å². The summed E-state index contributed by atoms with van der Waals surface area (Å²) >= 11 is 0. The van der Waals surface area contributed by atoms with E-state index >= 15 is 0 Å². The van der Waals surface area contributed by atoms with Crippen molar-refractivity contribution in [3.05, 3.63) is 12.2 Å². The molecule has 0 aliphatic heterocycles. The van der Waals surface area contributed by atoms with E-state index in [9.17, 15) is 0 Å². The van der Waals surface area contributed by atoms with E-state index in [0.29, 0.717) is 6.61 Å². The third-order valence-corrected chi connectivity index (χ3v) is 1.59. The first kappa shape index (κ1) is 11.7. The molecule has 2 heteroatoms. The number of hydrogen-bond donors (Lipinski definition) is 1. The second-order valence-corrected chi connectivity index (χ2v) is 3.21. The summed E-state index contributed by atoms with van der Waals surface area (Å²) in [6, 6.07) is 0. The van der Waals surface area contributed by atoms with Crippen LogP contribution in [0.15, 0.2) is 12.2 Å². The maximum absolute atomic E-state index is 5.37. The zero-order valence-electron chi connectivity index (χ0n) is 8.14. The lowest BCUT2D eigenvalue weighted by atomic mass is 10.2. The zero-order valence-corrected chi connectivity index (χ0v) is 8.14. The van der Waals surface area contributed by atoms with E-state index in [1.807, 2.05) is 6.92 Å². The first-order valence-electron chi connectivity index (χ1n) is 4.69. The third kappa shape index (κ3) is 9.66. The Morgan fingerprint density at radius 1 is 1.25 bits per heavy atom. The quantitative estimate of drug-likeness (QED) is 0.448. The number of unbranched alkanes of at least 4 members (excludes halogenated alkanes) is 3. The van der Waals surface area contributed by atoms with Crippen LogP contribution in [0.5, 0.6) is 0 Å². The lowest BCUT2D eigenvalue weighted by molar-refractivity contribution is 0.151. The Bertz CT molecular complexity index is 112. The van der Waals surface area contributed by atoms with E-state index in [0.717, 1.165) is 31.6 Å². The van der Waals surface area contributed by atoms with E-state index in [-0.39, 0.29) is 0 Å². The van der Waals surface area contributed by atoms with Crippen molar-refractivity contribution in [2.24, 2.45) is 5.73 Å². The van der Waals surface area contributed by atoms with Crippen LogP contribution in [0.2, 0.25) is 0 Å². The van der Waals surface area contributed by atoms with Crippen LogP contribution in [-0.2, 0) is 4.74 Å². The summed E-state index contributed by atoms with van der Waals surface area (Å²) in [6.07, 6.45) is 4.74. The van der Waals surface area contributed by atoms with Crippen molar-refractivity contribution in [1.29, 1.82) is 0 Å². The minimum atomic E-state index is 0.705. The molecule has 0 heterocycles. The van der Waals surface area contributed by atoms with Crippen LogP contribution in [0, 0.1) is 0 Å². The molecule has 12 heavy (non-hydrogen) atoms. The van der Waals surface area contributed by atoms with E-state index in [4.69, 9.17) is 10.5 Å². The molecule has 0 aliphatic rings. The highest BCUT2D eigenvalue weighted by molar-refractivity contribution is 4.87. The zero-order chi connectivity index (χ0) is 9.23. The second kappa shape index (κ2) is 8.75. The third-order valence-electron chi connectivity index (χ3n) is 1.59. The fraction of sp³-hybridized carbons (Fsp3) is 0.800. The molecule has 72 valence electrons. The van der Waals surface area contributed by atoms with Gasteiger partial charge in [-0.05, 0) is 26.3 Å². The van der Waals surface area contributed by atoms with Crippen molar-refractivity contribution in [3.63, 3.8) is 0 Å². The van der Waals surface area contributed by atoms with Crippen LogP contribution in [0.25, 0.3) is 0 Å². The molecule has 0 atom stereocenters. The van der Waals surface area contributed by atoms with Gasteiger partial charge in [0.2, 0.25) is 0 Å². The molecule has 0 amide bonds. The monoisotopic (exact) mass is 171 g/mol. The fourth-order valence-electron chi connectivity index (χ4n) is 0.948. The van der Waals surface area contributed by atoms with E-state index in [1.165, 1.54) is 12.8 Å². The number of hydrogen-bond acceptors (Lipinski definition) is 2. The molecule has 0 aromatic heterocycles.